The summed E-state index contributed by atoms with van der Waals surface area (Å²) in [5.74, 6) is -4.07. The van der Waals surface area contributed by atoms with E-state index < -0.39 is 77.9 Å². The lowest BCUT2D eigenvalue weighted by molar-refractivity contribution is -0.147. The second kappa shape index (κ2) is 23.1. The molecule has 0 saturated carbocycles. The third kappa shape index (κ3) is 16.1. The summed E-state index contributed by atoms with van der Waals surface area (Å²) in [6.07, 6.45) is -1.45. The Labute approximate surface area is 325 Å². The minimum absolute atomic E-state index is 0.0219. The number of amides is 5. The molecule has 0 aliphatic rings. The van der Waals surface area contributed by atoms with E-state index in [1.54, 1.807) is 39.8 Å². The lowest BCUT2D eigenvalue weighted by Crippen LogP contribution is -2.56. The van der Waals surface area contributed by atoms with Gasteiger partial charge in [0.15, 0.2) is 0 Å². The Balaban J connectivity index is 2.17. The van der Waals surface area contributed by atoms with E-state index in [9.17, 15) is 33.9 Å². The molecule has 5 amide bonds. The summed E-state index contributed by atoms with van der Waals surface area (Å²) in [4.78, 5) is 78.3. The molecule has 14 heteroatoms. The molecule has 0 aromatic heterocycles. The maximum absolute atomic E-state index is 13.9. The number of esters is 1. The topological polar surface area (TPSA) is 201 Å². The second-order valence-electron chi connectivity index (χ2n) is 15.1. The van der Waals surface area contributed by atoms with E-state index >= 15 is 0 Å². The maximum atomic E-state index is 13.9. The number of alkyl carbamates (subject to hydrolysis) is 1. The molecular formula is C41H61N5O9. The largest absolute Gasteiger partial charge is 0.467 e. The molecular weight excluding hydrogens is 706 g/mol. The highest BCUT2D eigenvalue weighted by atomic mass is 16.5. The van der Waals surface area contributed by atoms with Crippen LogP contribution in [0.4, 0.5) is 4.79 Å². The molecule has 0 bridgehead atoms. The van der Waals surface area contributed by atoms with Crippen LogP contribution in [0, 0.1) is 23.7 Å². The molecule has 14 nitrogen and oxygen atoms in total. The molecule has 0 fully saturated rings. The highest BCUT2D eigenvalue weighted by Gasteiger charge is 2.35. The fraction of sp³-hybridized carbons (Fsp3) is 0.561. The van der Waals surface area contributed by atoms with E-state index in [1.807, 2.05) is 62.4 Å². The van der Waals surface area contributed by atoms with Crippen molar-refractivity contribution in [3.63, 3.8) is 0 Å². The zero-order valence-corrected chi connectivity index (χ0v) is 33.6. The first-order valence-electron chi connectivity index (χ1n) is 18.9. The predicted octanol–water partition coefficient (Wildman–Crippen LogP) is 3.40. The van der Waals surface area contributed by atoms with Gasteiger partial charge in [0.25, 0.3) is 0 Å². The van der Waals surface area contributed by atoms with Crippen molar-refractivity contribution in [2.45, 2.75) is 118 Å². The Morgan fingerprint density at radius 2 is 1.11 bits per heavy atom. The van der Waals surface area contributed by atoms with Crippen molar-refractivity contribution in [2.24, 2.45) is 23.7 Å². The highest BCUT2D eigenvalue weighted by Crippen LogP contribution is 2.22. The number of aliphatic hydroxyl groups excluding tert-OH is 1. The Kier molecular flexibility index (Phi) is 19.4. The first kappa shape index (κ1) is 46.2. The van der Waals surface area contributed by atoms with E-state index in [1.165, 1.54) is 21.0 Å². The minimum Gasteiger partial charge on any atom is -0.467 e. The molecule has 6 N–H and O–H groups in total. The van der Waals surface area contributed by atoms with Crippen molar-refractivity contribution < 1.29 is 43.3 Å². The van der Waals surface area contributed by atoms with E-state index in [0.717, 1.165) is 11.1 Å². The third-order valence-electron chi connectivity index (χ3n) is 9.10. The zero-order valence-electron chi connectivity index (χ0n) is 33.6. The van der Waals surface area contributed by atoms with Gasteiger partial charge >= 0.3 is 12.1 Å². The number of nitrogens with one attached hydrogen (secondary N) is 5. The Hall–Kier alpha value is -4.98. The third-order valence-corrected chi connectivity index (χ3v) is 9.10. The summed E-state index contributed by atoms with van der Waals surface area (Å²) < 4.78 is 10.0. The maximum Gasteiger partial charge on any atom is 0.408 e. The van der Waals surface area contributed by atoms with Gasteiger partial charge in [0.2, 0.25) is 23.6 Å². The average molecular weight is 768 g/mol. The first-order valence-corrected chi connectivity index (χ1v) is 18.9. The van der Waals surface area contributed by atoms with Gasteiger partial charge < -0.3 is 41.2 Å². The number of aliphatic hydroxyl groups is 1. The van der Waals surface area contributed by atoms with Gasteiger partial charge in [-0.2, -0.15) is 0 Å². The lowest BCUT2D eigenvalue weighted by atomic mass is 9.87. The van der Waals surface area contributed by atoms with Crippen LogP contribution < -0.4 is 26.6 Å². The SMILES string of the molecule is COC(=O)C(NC(=O)C(NC(=O)[C@H](CC(C)C)C[C@H](O)[C@H](Cc1ccccc1)NC(=O)[C@H](C)NC(=O)[C@H](C)NC(=O)OCc1ccccc1)C(C)C)C(C)C. The fourth-order valence-corrected chi connectivity index (χ4v) is 5.88. The van der Waals surface area contributed by atoms with Crippen LogP contribution in [0.1, 0.15) is 79.4 Å². The van der Waals surface area contributed by atoms with E-state index in [2.05, 4.69) is 26.6 Å². The highest BCUT2D eigenvalue weighted by molar-refractivity contribution is 5.92. The molecule has 0 aliphatic carbocycles. The van der Waals surface area contributed by atoms with E-state index in [0.29, 0.717) is 6.42 Å². The van der Waals surface area contributed by atoms with Crippen LogP contribution in [0.25, 0.3) is 0 Å². The first-order chi connectivity index (χ1) is 25.9. The van der Waals surface area contributed by atoms with Crippen molar-refractivity contribution in [2.75, 3.05) is 7.11 Å². The van der Waals surface area contributed by atoms with Crippen molar-refractivity contribution in [1.82, 2.24) is 26.6 Å². The monoisotopic (exact) mass is 767 g/mol. The lowest BCUT2D eigenvalue weighted by Gasteiger charge is -2.31. The Bertz CT molecular complexity index is 1540. The van der Waals surface area contributed by atoms with Gasteiger partial charge in [-0.3, -0.25) is 19.2 Å². The fourth-order valence-electron chi connectivity index (χ4n) is 5.88. The van der Waals surface area contributed by atoms with Crippen LogP contribution in [0.2, 0.25) is 0 Å². The van der Waals surface area contributed by atoms with E-state index in [4.69, 9.17) is 9.47 Å². The summed E-state index contributed by atoms with van der Waals surface area (Å²) in [5.41, 5.74) is 1.60. The molecule has 0 spiro atoms. The number of rotatable bonds is 21. The number of hydrogen-bond donors (Lipinski definition) is 6. The number of ether oxygens (including phenoxy) is 2. The Morgan fingerprint density at radius 1 is 0.600 bits per heavy atom. The quantitative estimate of drug-likeness (QED) is 0.103. The zero-order chi connectivity index (χ0) is 41.2. The number of carbonyl (C=O) groups excluding carboxylic acids is 6. The molecule has 7 atom stereocenters. The smallest absolute Gasteiger partial charge is 0.408 e. The molecule has 2 unspecified atom stereocenters. The number of benzene rings is 2. The van der Waals surface area contributed by atoms with Crippen LogP contribution in [0.15, 0.2) is 60.7 Å². The van der Waals surface area contributed by atoms with Crippen molar-refractivity contribution in [1.29, 1.82) is 0 Å². The van der Waals surface area contributed by atoms with Crippen molar-refractivity contribution in [3.05, 3.63) is 71.8 Å². The molecule has 0 heterocycles. The summed E-state index contributed by atoms with van der Waals surface area (Å²) in [6, 6.07) is 13.5. The number of methoxy groups -OCH3 is 1. The number of carbonyl (C=O) groups is 6. The summed E-state index contributed by atoms with van der Waals surface area (Å²) in [7, 11) is 1.24. The van der Waals surface area contributed by atoms with Crippen LogP contribution in [-0.2, 0) is 46.5 Å². The standard InChI is InChI=1S/C41H61N5O9/c1-24(2)20-31(38(50)45-34(25(3)4)39(51)46-35(26(5)6)40(52)54-9)22-33(47)32(21-29-16-12-10-13-17-29)44-37(49)27(7)42-36(48)28(8)43-41(53)55-23-30-18-14-11-15-19-30/h10-19,24-28,31-35,47H,20-23H2,1-9H3,(H,42,48)(H,43,53)(H,44,49)(H,45,50)(H,46,51)/t27-,28-,31+,32-,33-,34?,35?/m0/s1. The minimum atomic E-state index is -1.21. The summed E-state index contributed by atoms with van der Waals surface area (Å²) in [5, 5.41) is 25.1. The van der Waals surface area contributed by atoms with Crippen molar-refractivity contribution >= 4 is 35.7 Å². The van der Waals surface area contributed by atoms with Gasteiger partial charge in [0.1, 0.15) is 30.8 Å². The van der Waals surface area contributed by atoms with Crippen LogP contribution in [0.3, 0.4) is 0 Å². The second-order valence-corrected chi connectivity index (χ2v) is 15.1. The molecule has 0 radical (unpaired) electrons. The molecule has 2 aromatic carbocycles. The van der Waals surface area contributed by atoms with Crippen LogP contribution in [0.5, 0.6) is 0 Å². The molecule has 2 aromatic rings. The van der Waals surface area contributed by atoms with Gasteiger partial charge in [-0.1, -0.05) is 102 Å². The molecule has 55 heavy (non-hydrogen) atoms. The van der Waals surface area contributed by atoms with Gasteiger partial charge in [0, 0.05) is 5.92 Å². The molecule has 304 valence electrons. The molecule has 0 aliphatic heterocycles. The van der Waals surface area contributed by atoms with Gasteiger partial charge in [0.05, 0.1) is 19.3 Å². The van der Waals surface area contributed by atoms with Gasteiger partial charge in [-0.05, 0) is 62.0 Å². The summed E-state index contributed by atoms with van der Waals surface area (Å²) in [6.45, 7) is 13.9. The predicted molar refractivity (Wildman–Crippen MR) is 208 cm³/mol. The molecule has 2 rings (SSSR count). The average Bonchev–Trinajstić information content (AvgIpc) is 3.14. The van der Waals surface area contributed by atoms with E-state index in [-0.39, 0.29) is 37.2 Å². The normalized spacial score (nSPS) is 15.1. The summed E-state index contributed by atoms with van der Waals surface area (Å²) >= 11 is 0. The number of hydrogen-bond acceptors (Lipinski definition) is 9. The van der Waals surface area contributed by atoms with Gasteiger partial charge in [-0.15, -0.1) is 0 Å². The van der Waals surface area contributed by atoms with Crippen LogP contribution >= 0.6 is 0 Å². The van der Waals surface area contributed by atoms with Crippen molar-refractivity contribution in [3.8, 4) is 0 Å². The van der Waals surface area contributed by atoms with Crippen LogP contribution in [-0.4, -0.2) is 84.2 Å². The Morgan fingerprint density at radius 3 is 1.64 bits per heavy atom. The molecule has 0 saturated heterocycles. The van der Waals surface area contributed by atoms with Gasteiger partial charge in [-0.25, -0.2) is 9.59 Å².